The van der Waals surface area contributed by atoms with Crippen LogP contribution in [0.1, 0.15) is 10.4 Å². The van der Waals surface area contributed by atoms with Gasteiger partial charge in [-0.15, -0.1) is 0 Å². The summed E-state index contributed by atoms with van der Waals surface area (Å²) in [6, 6.07) is 5.56. The summed E-state index contributed by atoms with van der Waals surface area (Å²) in [5, 5.41) is 0. The summed E-state index contributed by atoms with van der Waals surface area (Å²) >= 11 is 2.82. The third-order valence-corrected chi connectivity index (χ3v) is 3.65. The third kappa shape index (κ3) is 1.65. The number of nitrogens with zero attached hydrogens (tertiary/aromatic N) is 1. The van der Waals surface area contributed by atoms with E-state index in [2.05, 4.69) is 9.13 Å². The molecule has 1 aliphatic heterocycles. The molecule has 0 radical (unpaired) electrons. The highest BCUT2D eigenvalue weighted by atomic mass is 32.2. The van der Waals surface area contributed by atoms with E-state index in [4.69, 9.17) is 0 Å². The van der Waals surface area contributed by atoms with Gasteiger partial charge in [0, 0.05) is 16.8 Å². The monoisotopic (exact) mass is 225 g/mol. The number of esters is 1. The maximum Gasteiger partial charge on any atom is 0.339 e. The Morgan fingerprint density at radius 2 is 2.36 bits per heavy atom. The van der Waals surface area contributed by atoms with Gasteiger partial charge in [0.2, 0.25) is 0 Å². The summed E-state index contributed by atoms with van der Waals surface area (Å²) in [7, 11) is 1.38. The Kier molecular flexibility index (Phi) is 2.79. The van der Waals surface area contributed by atoms with E-state index in [1.165, 1.54) is 30.8 Å². The zero-order chi connectivity index (χ0) is 9.97. The average Bonchev–Trinajstić information content (AvgIpc) is 2.27. The fourth-order valence-corrected chi connectivity index (χ4v) is 2.73. The Hall–Kier alpha value is -0.940. The van der Waals surface area contributed by atoms with Gasteiger partial charge in [0.05, 0.1) is 23.1 Å². The van der Waals surface area contributed by atoms with Crippen LogP contribution in [0.3, 0.4) is 0 Å². The molecule has 0 aromatic heterocycles. The molecule has 0 unspecified atom stereocenters. The van der Waals surface area contributed by atoms with Crippen LogP contribution >= 0.6 is 23.7 Å². The molecule has 0 atom stereocenters. The first-order valence-electron chi connectivity index (χ1n) is 3.90. The lowest BCUT2D eigenvalue weighted by Gasteiger charge is -2.11. The molecule has 2 rings (SSSR count). The van der Waals surface area contributed by atoms with E-state index in [1.54, 1.807) is 11.6 Å². The standard InChI is InChI=1S/C9H7NO2S2/c1-12-9(11)6-3-2-4-7-8(6)14-10-5-13-7/h2-5H,1H3. The van der Waals surface area contributed by atoms with Gasteiger partial charge in [0.1, 0.15) is 0 Å². The summed E-state index contributed by atoms with van der Waals surface area (Å²) < 4.78 is 8.73. The zero-order valence-corrected chi connectivity index (χ0v) is 9.02. The SMILES string of the molecule is COC(=O)c1cccc2c1SN=CS2. The number of carbonyl (C=O) groups excluding carboxylic acids is 1. The molecule has 1 aromatic carbocycles. The van der Waals surface area contributed by atoms with Crippen LogP contribution in [0.4, 0.5) is 0 Å². The van der Waals surface area contributed by atoms with Gasteiger partial charge < -0.3 is 4.74 Å². The van der Waals surface area contributed by atoms with Crippen molar-refractivity contribution in [2.75, 3.05) is 7.11 Å². The number of hydrogen-bond donors (Lipinski definition) is 0. The molecular weight excluding hydrogens is 218 g/mol. The molecule has 0 saturated heterocycles. The Labute approximate surface area is 90.1 Å². The first kappa shape index (κ1) is 9.61. The van der Waals surface area contributed by atoms with E-state index in [0.717, 1.165) is 9.79 Å². The number of hydrogen-bond acceptors (Lipinski definition) is 5. The lowest BCUT2D eigenvalue weighted by atomic mass is 10.2. The van der Waals surface area contributed by atoms with Crippen molar-refractivity contribution in [1.29, 1.82) is 0 Å². The minimum absolute atomic E-state index is 0.313. The smallest absolute Gasteiger partial charge is 0.339 e. The van der Waals surface area contributed by atoms with Gasteiger partial charge in [0.15, 0.2) is 0 Å². The molecule has 1 heterocycles. The molecule has 0 saturated carbocycles. The van der Waals surface area contributed by atoms with Crippen LogP contribution in [0, 0.1) is 0 Å². The first-order valence-corrected chi connectivity index (χ1v) is 5.55. The Morgan fingerprint density at radius 1 is 1.50 bits per heavy atom. The lowest BCUT2D eigenvalue weighted by Crippen LogP contribution is -2.04. The number of rotatable bonds is 1. The Morgan fingerprint density at radius 3 is 3.14 bits per heavy atom. The second-order valence-electron chi connectivity index (χ2n) is 2.54. The van der Waals surface area contributed by atoms with E-state index >= 15 is 0 Å². The van der Waals surface area contributed by atoms with Gasteiger partial charge >= 0.3 is 5.97 Å². The summed E-state index contributed by atoms with van der Waals surface area (Å²) in [4.78, 5) is 13.3. The van der Waals surface area contributed by atoms with E-state index in [9.17, 15) is 4.79 Å². The normalized spacial score (nSPS) is 13.5. The molecule has 14 heavy (non-hydrogen) atoms. The second-order valence-corrected chi connectivity index (χ2v) is 4.23. The number of benzene rings is 1. The van der Waals surface area contributed by atoms with Crippen molar-refractivity contribution in [3.63, 3.8) is 0 Å². The van der Waals surface area contributed by atoms with Crippen molar-refractivity contribution >= 4 is 35.2 Å². The average molecular weight is 225 g/mol. The third-order valence-electron chi connectivity index (χ3n) is 1.75. The van der Waals surface area contributed by atoms with E-state index in [1.807, 2.05) is 12.1 Å². The van der Waals surface area contributed by atoms with Crippen molar-refractivity contribution in [2.24, 2.45) is 4.40 Å². The van der Waals surface area contributed by atoms with Crippen LogP contribution in [-0.2, 0) is 4.74 Å². The van der Waals surface area contributed by atoms with Gasteiger partial charge in [-0.2, -0.15) is 0 Å². The van der Waals surface area contributed by atoms with Crippen LogP contribution in [0.2, 0.25) is 0 Å². The van der Waals surface area contributed by atoms with Crippen molar-refractivity contribution in [3.05, 3.63) is 23.8 Å². The largest absolute Gasteiger partial charge is 0.465 e. The topological polar surface area (TPSA) is 38.7 Å². The molecular formula is C9H7NO2S2. The number of carbonyl (C=O) groups is 1. The number of methoxy groups -OCH3 is 1. The second kappa shape index (κ2) is 4.06. The fraction of sp³-hybridized carbons (Fsp3) is 0.111. The molecule has 0 aliphatic carbocycles. The van der Waals surface area contributed by atoms with E-state index in [-0.39, 0.29) is 5.97 Å². The van der Waals surface area contributed by atoms with Crippen molar-refractivity contribution in [2.45, 2.75) is 9.79 Å². The minimum atomic E-state index is -0.313. The van der Waals surface area contributed by atoms with Crippen LogP contribution in [-0.4, -0.2) is 18.6 Å². The molecule has 1 aliphatic rings. The molecule has 3 nitrogen and oxygen atoms in total. The maximum atomic E-state index is 11.4. The molecule has 1 aromatic rings. The maximum absolute atomic E-state index is 11.4. The van der Waals surface area contributed by atoms with Crippen molar-refractivity contribution in [3.8, 4) is 0 Å². The number of ether oxygens (including phenoxy) is 1. The minimum Gasteiger partial charge on any atom is -0.465 e. The molecule has 5 heteroatoms. The summed E-state index contributed by atoms with van der Waals surface area (Å²) in [6.07, 6.45) is 0. The highest BCUT2D eigenvalue weighted by Gasteiger charge is 2.17. The summed E-state index contributed by atoms with van der Waals surface area (Å²) in [6.45, 7) is 0. The number of thioether (sulfide) groups is 1. The molecule has 0 fully saturated rings. The Bertz CT molecular complexity index is 404. The van der Waals surface area contributed by atoms with Gasteiger partial charge in [0.25, 0.3) is 0 Å². The van der Waals surface area contributed by atoms with Crippen molar-refractivity contribution in [1.82, 2.24) is 0 Å². The summed E-state index contributed by atoms with van der Waals surface area (Å²) in [5.41, 5.74) is 2.34. The van der Waals surface area contributed by atoms with Crippen molar-refractivity contribution < 1.29 is 9.53 Å². The van der Waals surface area contributed by atoms with Gasteiger partial charge in [-0.25, -0.2) is 9.19 Å². The van der Waals surface area contributed by atoms with E-state index < -0.39 is 0 Å². The van der Waals surface area contributed by atoms with E-state index in [0.29, 0.717) is 5.56 Å². The van der Waals surface area contributed by atoms with Crippen LogP contribution < -0.4 is 0 Å². The van der Waals surface area contributed by atoms with Gasteiger partial charge in [-0.1, -0.05) is 17.8 Å². The molecule has 0 N–H and O–H groups in total. The van der Waals surface area contributed by atoms with Gasteiger partial charge in [-0.05, 0) is 12.1 Å². The Balaban J connectivity index is 2.48. The molecule has 0 spiro atoms. The quantitative estimate of drug-likeness (QED) is 0.544. The lowest BCUT2D eigenvalue weighted by molar-refractivity contribution is 0.0596. The van der Waals surface area contributed by atoms with Crippen LogP contribution in [0.5, 0.6) is 0 Å². The molecule has 0 bridgehead atoms. The highest BCUT2D eigenvalue weighted by molar-refractivity contribution is 8.14. The fourth-order valence-electron chi connectivity index (χ4n) is 1.13. The highest BCUT2D eigenvalue weighted by Crippen LogP contribution is 2.37. The van der Waals surface area contributed by atoms with Crippen LogP contribution in [0.25, 0.3) is 0 Å². The predicted molar refractivity (Wildman–Crippen MR) is 58.0 cm³/mol. The molecule has 0 amide bonds. The predicted octanol–water partition coefficient (Wildman–Crippen LogP) is 2.61. The first-order chi connectivity index (χ1) is 6.83. The van der Waals surface area contributed by atoms with Gasteiger partial charge in [-0.3, -0.25) is 0 Å². The van der Waals surface area contributed by atoms with Crippen LogP contribution in [0.15, 0.2) is 32.4 Å². The molecule has 72 valence electrons. The zero-order valence-electron chi connectivity index (χ0n) is 7.39. The summed E-state index contributed by atoms with van der Waals surface area (Å²) in [5.74, 6) is -0.313. The number of fused-ring (bicyclic) bond motifs is 1.